The number of hydrogen-bond donors (Lipinski definition) is 2. The highest BCUT2D eigenvalue weighted by molar-refractivity contribution is 5.99. The van der Waals surface area contributed by atoms with Crippen LogP contribution < -0.4 is 16.2 Å². The van der Waals surface area contributed by atoms with Gasteiger partial charge < -0.3 is 20.1 Å². The monoisotopic (exact) mass is 411 g/mol. The molecule has 1 aromatic carbocycles. The van der Waals surface area contributed by atoms with Crippen molar-refractivity contribution in [1.82, 2.24) is 14.4 Å². The summed E-state index contributed by atoms with van der Waals surface area (Å²) in [6.07, 6.45) is 1.10. The van der Waals surface area contributed by atoms with E-state index in [0.717, 1.165) is 26.1 Å². The van der Waals surface area contributed by atoms with Gasteiger partial charge in [-0.25, -0.2) is 4.79 Å². The molecule has 1 aromatic heterocycles. The van der Waals surface area contributed by atoms with E-state index in [0.29, 0.717) is 24.5 Å². The second kappa shape index (κ2) is 10.1. The molecule has 0 saturated carbocycles. The number of urea groups is 1. The zero-order valence-corrected chi connectivity index (χ0v) is 17.6. The molecule has 0 atom stereocenters. The van der Waals surface area contributed by atoms with Crippen molar-refractivity contribution in [1.29, 1.82) is 0 Å². The zero-order valence-electron chi connectivity index (χ0n) is 17.6. The molecule has 2 heterocycles. The predicted molar refractivity (Wildman–Crippen MR) is 118 cm³/mol. The molecule has 3 amide bonds. The lowest BCUT2D eigenvalue weighted by Gasteiger charge is -2.34. The normalized spacial score (nSPS) is 14.4. The molecule has 160 valence electrons. The SMILES string of the molecule is CCCN1CCN(C(=O)Cn2c(C)ccc(NC(=O)Nc3ccccc3)c2=O)CC1. The fraction of sp³-hybridized carbons (Fsp3) is 0.409. The van der Waals surface area contributed by atoms with Gasteiger partial charge in [0, 0.05) is 37.6 Å². The number of benzene rings is 1. The van der Waals surface area contributed by atoms with Crippen LogP contribution in [0.5, 0.6) is 0 Å². The molecule has 8 heteroatoms. The number of nitrogens with one attached hydrogen (secondary N) is 2. The van der Waals surface area contributed by atoms with Crippen LogP contribution in [0.15, 0.2) is 47.3 Å². The molecule has 3 rings (SSSR count). The number of amides is 3. The number of rotatable bonds is 6. The molecular weight excluding hydrogens is 382 g/mol. The highest BCUT2D eigenvalue weighted by atomic mass is 16.2. The lowest BCUT2D eigenvalue weighted by atomic mass is 10.2. The Labute approximate surface area is 176 Å². The Kier molecular flexibility index (Phi) is 7.24. The number of anilines is 2. The van der Waals surface area contributed by atoms with Gasteiger partial charge in [0.1, 0.15) is 12.2 Å². The molecule has 0 radical (unpaired) electrons. The van der Waals surface area contributed by atoms with Crippen molar-refractivity contribution in [2.45, 2.75) is 26.8 Å². The first-order chi connectivity index (χ1) is 14.5. The Bertz CT molecular complexity index is 934. The number of nitrogens with zero attached hydrogens (tertiary/aromatic N) is 3. The van der Waals surface area contributed by atoms with E-state index in [2.05, 4.69) is 22.5 Å². The van der Waals surface area contributed by atoms with Gasteiger partial charge in [-0.3, -0.25) is 14.5 Å². The smallest absolute Gasteiger partial charge is 0.323 e. The molecule has 1 fully saturated rings. The Hall–Kier alpha value is -3.13. The van der Waals surface area contributed by atoms with E-state index in [9.17, 15) is 14.4 Å². The van der Waals surface area contributed by atoms with Crippen LogP contribution in [0, 0.1) is 6.92 Å². The van der Waals surface area contributed by atoms with E-state index in [4.69, 9.17) is 0 Å². The van der Waals surface area contributed by atoms with Gasteiger partial charge in [-0.15, -0.1) is 0 Å². The number of carbonyl (C=O) groups is 2. The average molecular weight is 412 g/mol. The van der Waals surface area contributed by atoms with Crippen molar-refractivity contribution in [2.24, 2.45) is 0 Å². The lowest BCUT2D eigenvalue weighted by Crippen LogP contribution is -2.50. The van der Waals surface area contributed by atoms with Gasteiger partial charge in [0.15, 0.2) is 0 Å². The van der Waals surface area contributed by atoms with Crippen molar-refractivity contribution in [3.05, 3.63) is 58.5 Å². The third-order valence-electron chi connectivity index (χ3n) is 5.23. The standard InChI is InChI=1S/C22H29N5O3/c1-3-11-25-12-14-26(15-13-25)20(28)16-27-17(2)9-10-19(21(27)29)24-22(30)23-18-7-5-4-6-8-18/h4-10H,3,11-16H2,1-2H3,(H2,23,24,30). The average Bonchev–Trinajstić information content (AvgIpc) is 2.74. The summed E-state index contributed by atoms with van der Waals surface area (Å²) in [6.45, 7) is 7.99. The fourth-order valence-corrected chi connectivity index (χ4v) is 3.54. The van der Waals surface area contributed by atoms with Crippen LogP contribution in [0.2, 0.25) is 0 Å². The van der Waals surface area contributed by atoms with E-state index < -0.39 is 11.6 Å². The number of piperazine rings is 1. The quantitative estimate of drug-likeness (QED) is 0.764. The number of pyridine rings is 1. The number of para-hydroxylation sites is 1. The van der Waals surface area contributed by atoms with E-state index in [1.165, 1.54) is 4.57 Å². The molecule has 30 heavy (non-hydrogen) atoms. The molecule has 1 aliphatic heterocycles. The molecule has 0 spiro atoms. The van der Waals surface area contributed by atoms with E-state index >= 15 is 0 Å². The lowest BCUT2D eigenvalue weighted by molar-refractivity contribution is -0.133. The molecule has 1 saturated heterocycles. The van der Waals surface area contributed by atoms with Crippen LogP contribution in [0.25, 0.3) is 0 Å². The minimum atomic E-state index is -0.507. The van der Waals surface area contributed by atoms with Gasteiger partial charge in [0.25, 0.3) is 5.56 Å². The molecule has 0 bridgehead atoms. The molecule has 0 aliphatic carbocycles. The topological polar surface area (TPSA) is 86.7 Å². The molecule has 2 aromatic rings. The minimum absolute atomic E-state index is 0.0335. The minimum Gasteiger partial charge on any atom is -0.339 e. The van der Waals surface area contributed by atoms with E-state index in [1.807, 2.05) is 18.2 Å². The van der Waals surface area contributed by atoms with Crippen molar-refractivity contribution < 1.29 is 9.59 Å². The maximum Gasteiger partial charge on any atom is 0.323 e. The first kappa shape index (κ1) is 21.6. The number of hydrogen-bond acceptors (Lipinski definition) is 4. The molecule has 0 unspecified atom stereocenters. The second-order valence-electron chi connectivity index (χ2n) is 7.45. The Morgan fingerprint density at radius 3 is 2.33 bits per heavy atom. The van der Waals surface area contributed by atoms with Crippen LogP contribution in [0.1, 0.15) is 19.0 Å². The summed E-state index contributed by atoms with van der Waals surface area (Å²) >= 11 is 0. The number of aromatic nitrogens is 1. The third kappa shape index (κ3) is 5.48. The van der Waals surface area contributed by atoms with Gasteiger partial charge in [-0.1, -0.05) is 25.1 Å². The second-order valence-corrected chi connectivity index (χ2v) is 7.45. The van der Waals surface area contributed by atoms with Gasteiger partial charge in [-0.2, -0.15) is 0 Å². The Balaban J connectivity index is 1.65. The van der Waals surface area contributed by atoms with Crippen LogP contribution in [0.4, 0.5) is 16.2 Å². The molecule has 2 N–H and O–H groups in total. The Morgan fingerprint density at radius 1 is 0.967 bits per heavy atom. The van der Waals surface area contributed by atoms with Gasteiger partial charge in [-0.05, 0) is 44.2 Å². The van der Waals surface area contributed by atoms with Crippen molar-refractivity contribution >= 4 is 23.3 Å². The maximum atomic E-state index is 12.9. The highest BCUT2D eigenvalue weighted by Gasteiger charge is 2.22. The van der Waals surface area contributed by atoms with Crippen LogP contribution in [-0.2, 0) is 11.3 Å². The summed E-state index contributed by atoms with van der Waals surface area (Å²) in [4.78, 5) is 42.0. The maximum absolute atomic E-state index is 12.9. The van der Waals surface area contributed by atoms with Crippen LogP contribution in [-0.4, -0.2) is 59.0 Å². The number of carbonyl (C=O) groups excluding carboxylic acids is 2. The first-order valence-corrected chi connectivity index (χ1v) is 10.3. The van der Waals surface area contributed by atoms with Crippen molar-refractivity contribution in [3.63, 3.8) is 0 Å². The molecular formula is C22H29N5O3. The molecule has 1 aliphatic rings. The third-order valence-corrected chi connectivity index (χ3v) is 5.23. The molecule has 8 nitrogen and oxygen atoms in total. The summed E-state index contributed by atoms with van der Waals surface area (Å²) in [5, 5.41) is 5.26. The Morgan fingerprint density at radius 2 is 1.67 bits per heavy atom. The van der Waals surface area contributed by atoms with Crippen molar-refractivity contribution in [2.75, 3.05) is 43.4 Å². The van der Waals surface area contributed by atoms with Gasteiger partial charge in [0.2, 0.25) is 5.91 Å². The van der Waals surface area contributed by atoms with Gasteiger partial charge in [0.05, 0.1) is 0 Å². The first-order valence-electron chi connectivity index (χ1n) is 10.3. The summed E-state index contributed by atoms with van der Waals surface area (Å²) < 4.78 is 1.42. The zero-order chi connectivity index (χ0) is 21.5. The largest absolute Gasteiger partial charge is 0.339 e. The highest BCUT2D eigenvalue weighted by Crippen LogP contribution is 2.09. The van der Waals surface area contributed by atoms with E-state index in [-0.39, 0.29) is 18.1 Å². The van der Waals surface area contributed by atoms with Gasteiger partial charge >= 0.3 is 6.03 Å². The summed E-state index contributed by atoms with van der Waals surface area (Å²) in [6, 6.07) is 11.8. The van der Waals surface area contributed by atoms with E-state index in [1.54, 1.807) is 36.1 Å². The van der Waals surface area contributed by atoms with Crippen LogP contribution in [0.3, 0.4) is 0 Å². The predicted octanol–water partition coefficient (Wildman–Crippen LogP) is 2.35. The number of aryl methyl sites for hydroxylation is 1. The summed E-state index contributed by atoms with van der Waals surface area (Å²) in [5.74, 6) is -0.0813. The summed E-state index contributed by atoms with van der Waals surface area (Å²) in [7, 11) is 0. The van der Waals surface area contributed by atoms with Crippen LogP contribution >= 0.6 is 0 Å². The van der Waals surface area contributed by atoms with Crippen molar-refractivity contribution in [3.8, 4) is 0 Å². The fourth-order valence-electron chi connectivity index (χ4n) is 3.54. The summed E-state index contributed by atoms with van der Waals surface area (Å²) in [5.41, 5.74) is 1.04.